The molecule has 1 aliphatic carbocycles. The van der Waals surface area contributed by atoms with Gasteiger partial charge < -0.3 is 14.2 Å². The summed E-state index contributed by atoms with van der Waals surface area (Å²) in [5, 5.41) is 1.60. The number of halogens is 1. The molecule has 9 heteroatoms. The maximum Gasteiger partial charge on any atom is 0.302 e. The van der Waals surface area contributed by atoms with Crippen molar-refractivity contribution in [2.45, 2.75) is 44.8 Å². The lowest BCUT2D eigenvalue weighted by molar-refractivity contribution is -0.141. The fraction of sp³-hybridized carbons (Fsp3) is 0.345. The first-order valence-corrected chi connectivity index (χ1v) is 13.2. The van der Waals surface area contributed by atoms with Gasteiger partial charge in [0.1, 0.15) is 25.6 Å². The summed E-state index contributed by atoms with van der Waals surface area (Å²) in [6, 6.07) is 10.7. The van der Waals surface area contributed by atoms with Crippen LogP contribution in [0.3, 0.4) is 0 Å². The minimum absolute atomic E-state index is 0.0170. The molecule has 1 aliphatic heterocycles. The minimum Gasteiger partial charge on any atom is -0.489 e. The Balaban J connectivity index is 1.38. The number of rotatable bonds is 10. The Morgan fingerprint density at radius 1 is 1.11 bits per heavy atom. The van der Waals surface area contributed by atoms with Crippen molar-refractivity contribution in [1.29, 1.82) is 0 Å². The van der Waals surface area contributed by atoms with Crippen molar-refractivity contribution in [3.63, 3.8) is 0 Å². The van der Waals surface area contributed by atoms with Gasteiger partial charge in [0.2, 0.25) is 5.91 Å². The second-order valence-electron chi connectivity index (χ2n) is 9.25. The first-order chi connectivity index (χ1) is 18.2. The number of thioether (sulfide) groups is 1. The Labute approximate surface area is 225 Å². The number of imide groups is 1. The molecule has 1 saturated heterocycles. The molecule has 0 spiro atoms. The molecule has 2 unspecified atom stereocenters. The molecule has 7 nitrogen and oxygen atoms in total. The van der Waals surface area contributed by atoms with Gasteiger partial charge in [0.15, 0.2) is 11.6 Å². The van der Waals surface area contributed by atoms with Gasteiger partial charge in [-0.25, -0.2) is 4.39 Å². The van der Waals surface area contributed by atoms with Crippen molar-refractivity contribution in [1.82, 2.24) is 5.32 Å². The van der Waals surface area contributed by atoms with Crippen molar-refractivity contribution in [3.8, 4) is 11.5 Å². The van der Waals surface area contributed by atoms with E-state index in [0.717, 1.165) is 46.0 Å². The Hall–Kier alpha value is -3.59. The first-order valence-electron chi connectivity index (χ1n) is 12.4. The van der Waals surface area contributed by atoms with Crippen LogP contribution >= 0.6 is 11.8 Å². The lowest BCUT2D eigenvalue weighted by atomic mass is 9.81. The van der Waals surface area contributed by atoms with Crippen LogP contribution in [0, 0.1) is 12.7 Å². The topological polar surface area (TPSA) is 90.9 Å². The number of aryl methyl sites for hydroxylation is 1. The molecule has 0 bridgehead atoms. The van der Waals surface area contributed by atoms with Crippen LogP contribution in [-0.2, 0) is 20.7 Å². The number of carbonyl (C=O) groups is 3. The van der Waals surface area contributed by atoms with E-state index in [1.165, 1.54) is 13.0 Å². The van der Waals surface area contributed by atoms with E-state index in [-0.39, 0.29) is 36.0 Å². The van der Waals surface area contributed by atoms with Gasteiger partial charge in [-0.2, -0.15) is 0 Å². The van der Waals surface area contributed by atoms with Crippen molar-refractivity contribution < 1.29 is 33.0 Å². The highest BCUT2D eigenvalue weighted by atomic mass is 32.2. The molecule has 2 amide bonds. The summed E-state index contributed by atoms with van der Waals surface area (Å²) in [5.41, 5.74) is 4.91. The van der Waals surface area contributed by atoms with E-state index in [4.69, 9.17) is 14.2 Å². The summed E-state index contributed by atoms with van der Waals surface area (Å²) in [6.07, 6.45) is 5.35. The summed E-state index contributed by atoms with van der Waals surface area (Å²) < 4.78 is 31.2. The van der Waals surface area contributed by atoms with E-state index in [9.17, 15) is 18.8 Å². The van der Waals surface area contributed by atoms with Crippen LogP contribution in [0.1, 0.15) is 42.9 Å². The van der Waals surface area contributed by atoms with Crippen LogP contribution in [0.2, 0.25) is 0 Å². The van der Waals surface area contributed by atoms with E-state index in [1.807, 2.05) is 44.2 Å². The normalized spacial score (nSPS) is 18.9. The Kier molecular flexibility index (Phi) is 8.89. The van der Waals surface area contributed by atoms with Crippen molar-refractivity contribution in [3.05, 3.63) is 82.2 Å². The Morgan fingerprint density at radius 3 is 2.55 bits per heavy atom. The molecule has 1 fully saturated rings. The number of allylic oxidation sites excluding steroid dienone is 2. The number of amides is 2. The zero-order valence-corrected chi connectivity index (χ0v) is 22.4. The molecule has 0 radical (unpaired) electrons. The van der Waals surface area contributed by atoms with Gasteiger partial charge in [0, 0.05) is 12.8 Å². The number of hydrogen-bond donors (Lipinski definition) is 1. The Bertz CT molecular complexity index is 1290. The average molecular weight is 540 g/mol. The average Bonchev–Trinajstić information content (AvgIpc) is 3.20. The summed E-state index contributed by atoms with van der Waals surface area (Å²) in [4.78, 5) is 34.0. The molecule has 2 aromatic carbocycles. The third-order valence-corrected chi connectivity index (χ3v) is 7.55. The van der Waals surface area contributed by atoms with Gasteiger partial charge in [0.25, 0.3) is 5.24 Å². The molecule has 0 saturated carbocycles. The number of esters is 1. The SMILES string of the molecule is CC(=O)OCCOc1cc(C)c(C2CC=CC(COc3ccc(CC4SC(=O)NC4=O)cc3)=C2C)cc1F. The fourth-order valence-electron chi connectivity index (χ4n) is 4.52. The molecular formula is C29H30FNO6S. The predicted octanol–water partition coefficient (Wildman–Crippen LogP) is 5.41. The zero-order chi connectivity index (χ0) is 27.2. The molecule has 38 heavy (non-hydrogen) atoms. The van der Waals surface area contributed by atoms with Crippen molar-refractivity contribution in [2.75, 3.05) is 19.8 Å². The maximum atomic E-state index is 14.8. The smallest absolute Gasteiger partial charge is 0.302 e. The lowest BCUT2D eigenvalue weighted by Gasteiger charge is -2.25. The van der Waals surface area contributed by atoms with Gasteiger partial charge in [-0.1, -0.05) is 41.6 Å². The summed E-state index contributed by atoms with van der Waals surface area (Å²) >= 11 is 1.02. The Morgan fingerprint density at radius 2 is 1.87 bits per heavy atom. The molecule has 200 valence electrons. The predicted molar refractivity (Wildman–Crippen MR) is 143 cm³/mol. The van der Waals surface area contributed by atoms with E-state index < -0.39 is 17.0 Å². The summed E-state index contributed by atoms with van der Waals surface area (Å²) in [6.45, 7) is 5.80. The number of hydrogen-bond acceptors (Lipinski definition) is 7. The number of nitrogens with one attached hydrogen (secondary N) is 1. The largest absolute Gasteiger partial charge is 0.489 e. The molecule has 2 aromatic rings. The van der Waals surface area contributed by atoms with Gasteiger partial charge >= 0.3 is 5.97 Å². The van der Waals surface area contributed by atoms with Crippen LogP contribution in [0.4, 0.5) is 9.18 Å². The second kappa shape index (κ2) is 12.3. The van der Waals surface area contributed by atoms with E-state index in [1.54, 1.807) is 6.07 Å². The van der Waals surface area contributed by atoms with Crippen LogP contribution in [0.15, 0.2) is 59.7 Å². The maximum absolute atomic E-state index is 14.8. The minimum atomic E-state index is -0.452. The monoisotopic (exact) mass is 539 g/mol. The highest BCUT2D eigenvalue weighted by molar-refractivity contribution is 8.15. The summed E-state index contributed by atoms with van der Waals surface area (Å²) in [7, 11) is 0. The molecule has 2 aliphatic rings. The van der Waals surface area contributed by atoms with Gasteiger partial charge in [0.05, 0.1) is 5.25 Å². The molecule has 1 N–H and O–H groups in total. The standard InChI is InChI=1S/C29H30FNO6S/c1-17-13-26(36-12-11-35-19(3)32)25(30)15-24(17)23-6-4-5-21(18(23)2)16-37-22-9-7-20(8-10-22)14-27-28(33)31-29(34)38-27/h4-5,7-10,13,15,23,27H,6,11-12,14,16H2,1-3H3,(H,31,33,34). The zero-order valence-electron chi connectivity index (χ0n) is 21.5. The van der Waals surface area contributed by atoms with Crippen LogP contribution < -0.4 is 14.8 Å². The van der Waals surface area contributed by atoms with Crippen LogP contribution in [0.25, 0.3) is 0 Å². The molecule has 2 atom stereocenters. The summed E-state index contributed by atoms with van der Waals surface area (Å²) in [5.74, 6) is -0.260. The quantitative estimate of drug-likeness (QED) is 0.319. The van der Waals surface area contributed by atoms with Crippen molar-refractivity contribution >= 4 is 28.9 Å². The fourth-order valence-corrected chi connectivity index (χ4v) is 5.38. The van der Waals surface area contributed by atoms with Gasteiger partial charge in [-0.3, -0.25) is 19.7 Å². The highest BCUT2D eigenvalue weighted by Crippen LogP contribution is 2.38. The molecule has 0 aromatic heterocycles. The number of benzene rings is 2. The first kappa shape index (κ1) is 27.4. The number of ether oxygens (including phenoxy) is 3. The van der Waals surface area contributed by atoms with E-state index >= 15 is 0 Å². The third-order valence-electron chi connectivity index (χ3n) is 6.57. The molecule has 1 heterocycles. The number of carbonyl (C=O) groups excluding carboxylic acids is 3. The highest BCUT2D eigenvalue weighted by Gasteiger charge is 2.31. The molecule has 4 rings (SSSR count). The molecular weight excluding hydrogens is 509 g/mol. The lowest BCUT2D eigenvalue weighted by Crippen LogP contribution is -2.25. The second-order valence-corrected chi connectivity index (χ2v) is 10.4. The van der Waals surface area contributed by atoms with E-state index in [2.05, 4.69) is 11.4 Å². The van der Waals surface area contributed by atoms with Gasteiger partial charge in [-0.15, -0.1) is 0 Å². The van der Waals surface area contributed by atoms with Crippen molar-refractivity contribution in [2.24, 2.45) is 0 Å². The third kappa shape index (κ3) is 6.83. The van der Waals surface area contributed by atoms with Gasteiger partial charge in [-0.05, 0) is 73.2 Å². The van der Waals surface area contributed by atoms with Crippen LogP contribution in [0.5, 0.6) is 11.5 Å². The van der Waals surface area contributed by atoms with Crippen LogP contribution in [-0.4, -0.2) is 42.2 Å². The van der Waals surface area contributed by atoms with E-state index in [0.29, 0.717) is 18.8 Å².